The average molecular weight is 457 g/mol. The molecule has 2 saturated heterocycles. The van der Waals surface area contributed by atoms with E-state index in [1.807, 2.05) is 4.90 Å². The first-order chi connectivity index (χ1) is 14.0. The highest BCUT2D eigenvalue weighted by Crippen LogP contribution is 2.32. The van der Waals surface area contributed by atoms with Crippen molar-refractivity contribution >= 4 is 40.7 Å². The number of hydrogen-bond donors (Lipinski definition) is 0. The number of piperazine rings is 1. The molecule has 6 nitrogen and oxygen atoms in total. The van der Waals surface area contributed by atoms with E-state index in [2.05, 4.69) is 9.88 Å². The lowest BCUT2D eigenvalue weighted by molar-refractivity contribution is -0.0872. The van der Waals surface area contributed by atoms with Gasteiger partial charge in [-0.25, -0.2) is 0 Å². The van der Waals surface area contributed by atoms with Crippen LogP contribution in [0.4, 0.5) is 0 Å². The largest absolute Gasteiger partial charge is 0.495 e. The molecule has 154 valence electrons. The summed E-state index contributed by atoms with van der Waals surface area (Å²) in [6.07, 6.45) is 1.37. The van der Waals surface area contributed by atoms with Crippen LogP contribution in [0.25, 0.3) is 0 Å². The lowest BCUT2D eigenvalue weighted by Gasteiger charge is -2.46. The van der Waals surface area contributed by atoms with Gasteiger partial charge in [0.15, 0.2) is 0 Å². The molecule has 0 spiro atoms. The summed E-state index contributed by atoms with van der Waals surface area (Å²) in [5, 5.41) is 1.23. The summed E-state index contributed by atoms with van der Waals surface area (Å²) in [7, 11) is 1.53. The predicted molar refractivity (Wildman–Crippen MR) is 112 cm³/mol. The quantitative estimate of drug-likeness (QED) is 0.700. The van der Waals surface area contributed by atoms with E-state index in [1.165, 1.54) is 7.11 Å². The summed E-state index contributed by atoms with van der Waals surface area (Å²) < 4.78 is 11.3. The molecule has 0 N–H and O–H groups in total. The van der Waals surface area contributed by atoms with Gasteiger partial charge in [-0.1, -0.05) is 40.9 Å². The number of pyridine rings is 1. The van der Waals surface area contributed by atoms with Crippen LogP contribution < -0.4 is 4.74 Å². The lowest BCUT2D eigenvalue weighted by atomic mass is 10.1. The van der Waals surface area contributed by atoms with Crippen molar-refractivity contribution in [2.24, 2.45) is 0 Å². The van der Waals surface area contributed by atoms with Gasteiger partial charge in [-0.2, -0.15) is 0 Å². The smallest absolute Gasteiger partial charge is 0.255 e. The molecule has 2 aliphatic rings. The monoisotopic (exact) mass is 455 g/mol. The van der Waals surface area contributed by atoms with Crippen molar-refractivity contribution in [3.63, 3.8) is 0 Å². The number of carbonyl (C=O) groups is 1. The minimum Gasteiger partial charge on any atom is -0.495 e. The van der Waals surface area contributed by atoms with Crippen molar-refractivity contribution in [2.75, 3.05) is 39.9 Å². The van der Waals surface area contributed by atoms with E-state index in [-0.39, 0.29) is 18.1 Å². The third kappa shape index (κ3) is 4.18. The maximum Gasteiger partial charge on any atom is 0.255 e. The molecule has 2 aromatic rings. The molecule has 0 aliphatic carbocycles. The number of methoxy groups -OCH3 is 1. The number of nitrogens with zero attached hydrogens (tertiary/aromatic N) is 3. The zero-order chi connectivity index (χ0) is 20.5. The molecule has 1 aromatic carbocycles. The first-order valence-corrected chi connectivity index (χ1v) is 10.4. The Morgan fingerprint density at radius 2 is 2.03 bits per heavy atom. The van der Waals surface area contributed by atoms with E-state index < -0.39 is 0 Å². The Morgan fingerprint density at radius 3 is 2.79 bits per heavy atom. The number of amides is 1. The van der Waals surface area contributed by atoms with Gasteiger partial charge in [-0.15, -0.1) is 0 Å². The van der Waals surface area contributed by atoms with Crippen LogP contribution in [0.1, 0.15) is 22.2 Å². The molecular weight excluding hydrogens is 437 g/mol. The Morgan fingerprint density at radius 1 is 1.21 bits per heavy atom. The number of hydrogen-bond acceptors (Lipinski definition) is 5. The maximum atomic E-state index is 13.0. The average Bonchev–Trinajstić information content (AvgIpc) is 2.74. The summed E-state index contributed by atoms with van der Waals surface area (Å²) in [6.45, 7) is 3.14. The van der Waals surface area contributed by atoms with Gasteiger partial charge in [0.05, 0.1) is 46.1 Å². The van der Waals surface area contributed by atoms with Gasteiger partial charge < -0.3 is 14.4 Å². The first-order valence-electron chi connectivity index (χ1n) is 9.26. The molecule has 9 heteroatoms. The Hall–Kier alpha value is -1.57. The number of carbonyl (C=O) groups excluding carboxylic acids is 1. The molecule has 2 atom stereocenters. The number of benzene rings is 1. The minimum absolute atomic E-state index is 0.0955. The maximum absolute atomic E-state index is 13.0. The molecule has 2 fully saturated rings. The number of morpholine rings is 1. The van der Waals surface area contributed by atoms with Gasteiger partial charge in [-0.3, -0.25) is 14.7 Å². The van der Waals surface area contributed by atoms with E-state index in [9.17, 15) is 4.79 Å². The molecule has 0 radical (unpaired) electrons. The Balaban J connectivity index is 1.43. The van der Waals surface area contributed by atoms with Crippen molar-refractivity contribution in [3.05, 3.63) is 56.8 Å². The van der Waals surface area contributed by atoms with Crippen LogP contribution >= 0.6 is 34.8 Å². The van der Waals surface area contributed by atoms with E-state index in [0.717, 1.165) is 12.2 Å². The van der Waals surface area contributed by atoms with Crippen molar-refractivity contribution < 1.29 is 14.3 Å². The molecule has 2 aliphatic heterocycles. The summed E-state index contributed by atoms with van der Waals surface area (Å²) in [5.41, 5.74) is 1.22. The summed E-state index contributed by atoms with van der Waals surface area (Å²) >= 11 is 18.4. The van der Waals surface area contributed by atoms with Crippen LogP contribution in [-0.4, -0.2) is 66.6 Å². The molecular formula is C20H20Cl3N3O3. The van der Waals surface area contributed by atoms with Crippen molar-refractivity contribution in [1.29, 1.82) is 0 Å². The Labute approximate surface area is 184 Å². The fourth-order valence-corrected chi connectivity index (χ4v) is 4.30. The molecule has 3 heterocycles. The second kappa shape index (κ2) is 8.66. The molecule has 1 amide bonds. The summed E-state index contributed by atoms with van der Waals surface area (Å²) in [4.78, 5) is 21.5. The van der Waals surface area contributed by atoms with Crippen LogP contribution in [-0.2, 0) is 4.74 Å². The van der Waals surface area contributed by atoms with E-state index in [0.29, 0.717) is 52.6 Å². The van der Waals surface area contributed by atoms with Crippen molar-refractivity contribution in [3.8, 4) is 5.75 Å². The zero-order valence-electron chi connectivity index (χ0n) is 15.8. The number of ether oxygens (including phenoxy) is 2. The van der Waals surface area contributed by atoms with Gasteiger partial charge in [0.1, 0.15) is 11.9 Å². The highest BCUT2D eigenvalue weighted by molar-refractivity contribution is 6.41. The number of halogens is 3. The third-order valence-electron chi connectivity index (χ3n) is 5.36. The van der Waals surface area contributed by atoms with Crippen molar-refractivity contribution in [1.82, 2.24) is 14.8 Å². The normalized spacial score (nSPS) is 22.3. The first kappa shape index (κ1) is 20.7. The molecule has 1 aromatic heterocycles. The second-order valence-electron chi connectivity index (χ2n) is 7.07. The van der Waals surface area contributed by atoms with Crippen LogP contribution in [0.2, 0.25) is 15.1 Å². The van der Waals surface area contributed by atoms with Gasteiger partial charge in [0.25, 0.3) is 5.91 Å². The van der Waals surface area contributed by atoms with E-state index in [4.69, 9.17) is 44.3 Å². The fraction of sp³-hybridized carbons (Fsp3) is 0.400. The molecule has 0 unspecified atom stereocenters. The molecule has 29 heavy (non-hydrogen) atoms. The van der Waals surface area contributed by atoms with Crippen LogP contribution in [0.15, 0.2) is 30.5 Å². The topological polar surface area (TPSA) is 54.9 Å². The Kier molecular flexibility index (Phi) is 6.18. The fourth-order valence-electron chi connectivity index (χ4n) is 3.76. The van der Waals surface area contributed by atoms with Gasteiger partial charge in [0, 0.05) is 32.4 Å². The standard InChI is InChI=1S/C20H20Cl3N3O3/c1-28-17-4-2-3-13(19(17)23)20(27)26-6-5-25-10-18(29-11-12(25)9-26)16-7-14(21)15(22)8-24-16/h2-4,7-8,12,18H,5-6,9-11H2,1H3/t12-,18-/m0/s1. The molecule has 0 saturated carbocycles. The van der Waals surface area contributed by atoms with E-state index in [1.54, 1.807) is 30.5 Å². The summed E-state index contributed by atoms with van der Waals surface area (Å²) in [6, 6.07) is 7.11. The summed E-state index contributed by atoms with van der Waals surface area (Å²) in [5.74, 6) is 0.399. The van der Waals surface area contributed by atoms with Gasteiger partial charge in [0.2, 0.25) is 0 Å². The zero-order valence-corrected chi connectivity index (χ0v) is 18.0. The second-order valence-corrected chi connectivity index (χ2v) is 8.26. The highest BCUT2D eigenvalue weighted by atomic mass is 35.5. The third-order valence-corrected chi connectivity index (χ3v) is 6.46. The van der Waals surface area contributed by atoms with Crippen LogP contribution in [0.3, 0.4) is 0 Å². The highest BCUT2D eigenvalue weighted by Gasteiger charge is 2.36. The predicted octanol–water partition coefficient (Wildman–Crippen LogP) is 3.95. The molecule has 0 bridgehead atoms. The minimum atomic E-state index is -0.170. The Bertz CT molecular complexity index is 927. The lowest BCUT2D eigenvalue weighted by Crippen LogP contribution is -2.59. The number of aromatic nitrogens is 1. The number of fused-ring (bicyclic) bond motifs is 1. The van der Waals surface area contributed by atoms with Crippen LogP contribution in [0.5, 0.6) is 5.75 Å². The van der Waals surface area contributed by atoms with Gasteiger partial charge >= 0.3 is 0 Å². The van der Waals surface area contributed by atoms with E-state index >= 15 is 0 Å². The van der Waals surface area contributed by atoms with Crippen molar-refractivity contribution in [2.45, 2.75) is 12.1 Å². The van der Waals surface area contributed by atoms with Gasteiger partial charge in [-0.05, 0) is 18.2 Å². The SMILES string of the molecule is COc1cccc(C(=O)N2CCN3C[C@@H](c4cc(Cl)c(Cl)cn4)OC[C@@H]3C2)c1Cl. The molecule has 4 rings (SSSR count). The number of rotatable bonds is 3. The van der Waals surface area contributed by atoms with Crippen LogP contribution in [0, 0.1) is 0 Å².